The van der Waals surface area contributed by atoms with Crippen LogP contribution in [0.1, 0.15) is 21.8 Å². The Hall–Kier alpha value is -4.00. The van der Waals surface area contributed by atoms with Crippen LogP contribution in [0.4, 0.5) is 0 Å². The molecular weight excluding hydrogens is 418 g/mol. The predicted molar refractivity (Wildman–Crippen MR) is 126 cm³/mol. The van der Waals surface area contributed by atoms with E-state index in [1.54, 1.807) is 36.9 Å². The predicted octanol–water partition coefficient (Wildman–Crippen LogP) is 4.77. The van der Waals surface area contributed by atoms with Crippen molar-refractivity contribution in [2.24, 2.45) is 0 Å². The van der Waals surface area contributed by atoms with Gasteiger partial charge in [0.2, 0.25) is 0 Å². The second-order valence-corrected chi connectivity index (χ2v) is 7.74. The average molecular weight is 446 g/mol. The van der Waals surface area contributed by atoms with Crippen molar-refractivity contribution < 1.29 is 18.7 Å². The molecule has 2 aromatic carbocycles. The number of aryl methyl sites for hydroxylation is 1. The van der Waals surface area contributed by atoms with E-state index in [0.717, 1.165) is 17.0 Å². The third kappa shape index (κ3) is 4.77. The van der Waals surface area contributed by atoms with Crippen molar-refractivity contribution in [2.75, 3.05) is 27.8 Å². The Morgan fingerprint density at radius 1 is 1.00 bits per heavy atom. The van der Waals surface area contributed by atoms with Gasteiger partial charge in [-0.15, -0.1) is 0 Å². The van der Waals surface area contributed by atoms with Gasteiger partial charge in [0.1, 0.15) is 17.1 Å². The van der Waals surface area contributed by atoms with Crippen molar-refractivity contribution in [2.45, 2.75) is 13.3 Å². The first-order chi connectivity index (χ1) is 16.0. The van der Waals surface area contributed by atoms with Gasteiger partial charge in [-0.05, 0) is 55.3 Å². The molecule has 33 heavy (non-hydrogen) atoms. The highest BCUT2D eigenvalue weighted by molar-refractivity contribution is 5.94. The highest BCUT2D eigenvalue weighted by atomic mass is 16.5. The van der Waals surface area contributed by atoms with Crippen molar-refractivity contribution in [3.05, 3.63) is 83.7 Å². The third-order valence-corrected chi connectivity index (χ3v) is 5.45. The minimum absolute atomic E-state index is 0.124. The molecule has 0 aliphatic rings. The molecular formula is C26H27N3O4. The van der Waals surface area contributed by atoms with Gasteiger partial charge in [-0.3, -0.25) is 4.79 Å². The quantitative estimate of drug-likeness (QED) is 0.391. The SMILES string of the molecule is COc1ccc(CCN(C)C(=O)c2cc(-c3ccc(C)o3)nn2-c2ccccc2)cc1OC. The smallest absolute Gasteiger partial charge is 0.272 e. The van der Waals surface area contributed by atoms with E-state index in [2.05, 4.69) is 5.10 Å². The maximum absolute atomic E-state index is 13.4. The van der Waals surface area contributed by atoms with E-state index in [4.69, 9.17) is 13.9 Å². The number of methoxy groups -OCH3 is 2. The zero-order valence-corrected chi connectivity index (χ0v) is 19.2. The lowest BCUT2D eigenvalue weighted by atomic mass is 10.1. The Morgan fingerprint density at radius 2 is 1.76 bits per heavy atom. The standard InChI is InChI=1S/C26H27N3O4/c1-18-10-12-23(33-18)21-17-22(29(27-21)20-8-6-5-7-9-20)26(30)28(2)15-14-19-11-13-24(31-3)25(16-19)32-4/h5-13,16-17H,14-15H2,1-4H3. The fraction of sp³-hybridized carbons (Fsp3) is 0.231. The van der Waals surface area contributed by atoms with Crippen molar-refractivity contribution in [1.29, 1.82) is 0 Å². The fourth-order valence-corrected chi connectivity index (χ4v) is 3.62. The van der Waals surface area contributed by atoms with E-state index < -0.39 is 0 Å². The Bertz CT molecular complexity index is 1240. The molecule has 4 rings (SSSR count). The molecule has 0 bridgehead atoms. The first-order valence-corrected chi connectivity index (χ1v) is 10.7. The second-order valence-electron chi connectivity index (χ2n) is 7.74. The van der Waals surface area contributed by atoms with Gasteiger partial charge in [0.25, 0.3) is 5.91 Å². The minimum Gasteiger partial charge on any atom is -0.493 e. The highest BCUT2D eigenvalue weighted by Crippen LogP contribution is 2.28. The number of carbonyl (C=O) groups excluding carboxylic acids is 1. The van der Waals surface area contributed by atoms with Crippen LogP contribution in [-0.2, 0) is 6.42 Å². The molecule has 7 heteroatoms. The van der Waals surface area contributed by atoms with Crippen molar-refractivity contribution in [3.63, 3.8) is 0 Å². The van der Waals surface area contributed by atoms with Crippen LogP contribution in [0.2, 0.25) is 0 Å². The zero-order chi connectivity index (χ0) is 23.4. The molecule has 1 amide bonds. The van der Waals surface area contributed by atoms with Crippen LogP contribution < -0.4 is 9.47 Å². The lowest BCUT2D eigenvalue weighted by Gasteiger charge is -2.18. The van der Waals surface area contributed by atoms with Crippen LogP contribution in [0, 0.1) is 6.92 Å². The topological polar surface area (TPSA) is 69.7 Å². The van der Waals surface area contributed by atoms with Crippen LogP contribution >= 0.6 is 0 Å². The number of nitrogens with zero attached hydrogens (tertiary/aromatic N) is 3. The van der Waals surface area contributed by atoms with E-state index in [-0.39, 0.29) is 5.91 Å². The van der Waals surface area contributed by atoms with Gasteiger partial charge in [0, 0.05) is 19.7 Å². The molecule has 0 unspecified atom stereocenters. The maximum atomic E-state index is 13.4. The number of ether oxygens (including phenoxy) is 2. The van der Waals surface area contributed by atoms with Gasteiger partial charge in [-0.25, -0.2) is 4.68 Å². The summed E-state index contributed by atoms with van der Waals surface area (Å²) in [5, 5.41) is 4.67. The molecule has 0 spiro atoms. The molecule has 7 nitrogen and oxygen atoms in total. The lowest BCUT2D eigenvalue weighted by molar-refractivity contribution is 0.0787. The van der Waals surface area contributed by atoms with Crippen LogP contribution in [0.15, 0.2) is 71.1 Å². The Labute approximate surface area is 193 Å². The number of aromatic nitrogens is 2. The van der Waals surface area contributed by atoms with Crippen molar-refractivity contribution in [1.82, 2.24) is 14.7 Å². The van der Waals surface area contributed by atoms with Crippen LogP contribution in [0.25, 0.3) is 17.1 Å². The summed E-state index contributed by atoms with van der Waals surface area (Å²) in [5.41, 5.74) is 2.95. The van der Waals surface area contributed by atoms with Gasteiger partial charge in [0.05, 0.1) is 19.9 Å². The van der Waals surface area contributed by atoms with Gasteiger partial charge in [-0.2, -0.15) is 5.10 Å². The fourth-order valence-electron chi connectivity index (χ4n) is 3.62. The Kier molecular flexibility index (Phi) is 6.49. The summed E-state index contributed by atoms with van der Waals surface area (Å²) in [5.74, 6) is 2.65. The molecule has 0 fully saturated rings. The molecule has 2 heterocycles. The summed E-state index contributed by atoms with van der Waals surface area (Å²) >= 11 is 0. The molecule has 0 aliphatic carbocycles. The molecule has 0 saturated carbocycles. The lowest BCUT2D eigenvalue weighted by Crippen LogP contribution is -2.30. The molecule has 0 radical (unpaired) electrons. The van der Waals surface area contributed by atoms with Crippen LogP contribution in [0.5, 0.6) is 11.5 Å². The molecule has 0 saturated heterocycles. The number of hydrogen-bond acceptors (Lipinski definition) is 5. The summed E-state index contributed by atoms with van der Waals surface area (Å²) in [6.45, 7) is 2.41. The summed E-state index contributed by atoms with van der Waals surface area (Å²) in [7, 11) is 5.01. The van der Waals surface area contributed by atoms with Crippen LogP contribution in [-0.4, -0.2) is 48.4 Å². The number of amides is 1. The third-order valence-electron chi connectivity index (χ3n) is 5.45. The first-order valence-electron chi connectivity index (χ1n) is 10.7. The maximum Gasteiger partial charge on any atom is 0.272 e. The largest absolute Gasteiger partial charge is 0.493 e. The first kappa shape index (κ1) is 22.2. The van der Waals surface area contributed by atoms with E-state index in [0.29, 0.717) is 41.6 Å². The molecule has 0 atom stereocenters. The van der Waals surface area contributed by atoms with E-state index in [9.17, 15) is 4.79 Å². The monoisotopic (exact) mass is 445 g/mol. The zero-order valence-electron chi connectivity index (χ0n) is 19.2. The number of rotatable bonds is 8. The van der Waals surface area contributed by atoms with Crippen LogP contribution in [0.3, 0.4) is 0 Å². The Morgan fingerprint density at radius 3 is 2.42 bits per heavy atom. The second kappa shape index (κ2) is 9.65. The van der Waals surface area contributed by atoms with Gasteiger partial charge in [-0.1, -0.05) is 24.3 Å². The molecule has 0 aliphatic heterocycles. The number of carbonyl (C=O) groups is 1. The van der Waals surface area contributed by atoms with Crippen molar-refractivity contribution >= 4 is 5.91 Å². The molecule has 4 aromatic rings. The summed E-state index contributed by atoms with van der Waals surface area (Å²) < 4.78 is 18.1. The molecule has 170 valence electrons. The Balaban J connectivity index is 1.58. The van der Waals surface area contributed by atoms with E-state index in [1.165, 1.54) is 0 Å². The van der Waals surface area contributed by atoms with Crippen molar-refractivity contribution in [3.8, 4) is 28.6 Å². The summed E-state index contributed by atoms with van der Waals surface area (Å²) in [6, 6.07) is 20.9. The van der Waals surface area contributed by atoms with Gasteiger partial charge >= 0.3 is 0 Å². The number of likely N-dealkylation sites (N-methyl/N-ethyl adjacent to an activating group) is 1. The number of para-hydroxylation sites is 1. The van der Waals surface area contributed by atoms with E-state index in [1.807, 2.05) is 67.6 Å². The molecule has 2 aromatic heterocycles. The summed E-state index contributed by atoms with van der Waals surface area (Å²) in [6.07, 6.45) is 0.673. The molecule has 0 N–H and O–H groups in total. The van der Waals surface area contributed by atoms with Gasteiger partial charge in [0.15, 0.2) is 17.3 Å². The van der Waals surface area contributed by atoms with E-state index >= 15 is 0 Å². The minimum atomic E-state index is -0.124. The average Bonchev–Trinajstić information content (AvgIpc) is 3.49. The normalized spacial score (nSPS) is 10.8. The number of hydrogen-bond donors (Lipinski definition) is 0. The van der Waals surface area contributed by atoms with Gasteiger partial charge < -0.3 is 18.8 Å². The highest BCUT2D eigenvalue weighted by Gasteiger charge is 2.22. The number of furan rings is 1. The number of benzene rings is 2. The summed E-state index contributed by atoms with van der Waals surface area (Å²) in [4.78, 5) is 15.1.